The zero-order valence-corrected chi connectivity index (χ0v) is 22.1. The van der Waals surface area contributed by atoms with Crippen molar-refractivity contribution < 1.29 is 33.6 Å². The highest BCUT2D eigenvalue weighted by Gasteiger charge is 2.47. The van der Waals surface area contributed by atoms with Crippen LogP contribution in [0.4, 0.5) is 0 Å². The van der Waals surface area contributed by atoms with Gasteiger partial charge >= 0.3 is 0 Å². The second-order valence-electron chi connectivity index (χ2n) is 9.84. The molecule has 0 radical (unpaired) electrons. The van der Waals surface area contributed by atoms with Crippen molar-refractivity contribution in [3.05, 3.63) is 58.7 Å². The zero-order valence-electron chi connectivity index (χ0n) is 22.1. The lowest BCUT2D eigenvalue weighted by molar-refractivity contribution is -0.140. The average Bonchev–Trinajstić information content (AvgIpc) is 3.43. The SMILES string of the molecule is COc1cccc(C2/C(=C(\O)c3ccc4c(c3)CC(C)O4)C(=O)C(=O)N2CCCN2CCOCC2)c1OC. The van der Waals surface area contributed by atoms with Crippen molar-refractivity contribution in [2.45, 2.75) is 31.9 Å². The van der Waals surface area contributed by atoms with E-state index in [1.165, 1.54) is 14.2 Å². The Morgan fingerprint density at radius 2 is 1.87 bits per heavy atom. The fraction of sp³-hybridized carbons (Fsp3) is 0.448. The van der Waals surface area contributed by atoms with Gasteiger partial charge < -0.3 is 29.0 Å². The highest BCUT2D eigenvalue weighted by Crippen LogP contribution is 2.46. The van der Waals surface area contributed by atoms with Crippen LogP contribution in [0.2, 0.25) is 0 Å². The molecule has 38 heavy (non-hydrogen) atoms. The number of ketones is 1. The van der Waals surface area contributed by atoms with Crippen LogP contribution in [0.15, 0.2) is 42.0 Å². The highest BCUT2D eigenvalue weighted by atomic mass is 16.5. The molecule has 2 aromatic rings. The molecular weight excluding hydrogens is 488 g/mol. The molecule has 3 aliphatic heterocycles. The fourth-order valence-corrected chi connectivity index (χ4v) is 5.58. The number of methoxy groups -OCH3 is 2. The van der Waals surface area contributed by atoms with Gasteiger partial charge in [-0.15, -0.1) is 0 Å². The van der Waals surface area contributed by atoms with E-state index in [1.807, 2.05) is 13.0 Å². The van der Waals surface area contributed by atoms with Crippen LogP contribution in [0.5, 0.6) is 17.2 Å². The number of aliphatic hydroxyl groups is 1. The summed E-state index contributed by atoms with van der Waals surface area (Å²) in [4.78, 5) is 30.7. The Kier molecular flexibility index (Phi) is 7.58. The molecule has 2 atom stereocenters. The number of Topliss-reactive ketones (excluding diaryl/α,β-unsaturated/α-hetero) is 1. The zero-order chi connectivity index (χ0) is 26.8. The number of hydrogen-bond donors (Lipinski definition) is 1. The molecule has 9 heteroatoms. The number of rotatable bonds is 8. The van der Waals surface area contributed by atoms with E-state index < -0.39 is 17.7 Å². The third-order valence-electron chi connectivity index (χ3n) is 7.41. The molecule has 2 saturated heterocycles. The van der Waals surface area contributed by atoms with Gasteiger partial charge in [0, 0.05) is 43.7 Å². The van der Waals surface area contributed by atoms with Gasteiger partial charge in [-0.05, 0) is 43.2 Å². The van der Waals surface area contributed by atoms with Gasteiger partial charge in [0.25, 0.3) is 11.7 Å². The smallest absolute Gasteiger partial charge is 0.295 e. The van der Waals surface area contributed by atoms with Crippen LogP contribution in [-0.4, -0.2) is 86.3 Å². The molecule has 2 unspecified atom stereocenters. The largest absolute Gasteiger partial charge is 0.507 e. The molecule has 1 N–H and O–H groups in total. The predicted molar refractivity (Wildman–Crippen MR) is 141 cm³/mol. The fourth-order valence-electron chi connectivity index (χ4n) is 5.58. The van der Waals surface area contributed by atoms with Crippen LogP contribution in [0.3, 0.4) is 0 Å². The van der Waals surface area contributed by atoms with Crippen molar-refractivity contribution in [3.8, 4) is 17.2 Å². The predicted octanol–water partition coefficient (Wildman–Crippen LogP) is 3.17. The molecule has 0 aliphatic carbocycles. The van der Waals surface area contributed by atoms with Crippen molar-refractivity contribution in [2.75, 3.05) is 53.6 Å². The molecular formula is C29H34N2O7. The first-order valence-electron chi connectivity index (χ1n) is 13.0. The first-order valence-corrected chi connectivity index (χ1v) is 13.0. The van der Waals surface area contributed by atoms with Crippen LogP contribution in [0.1, 0.15) is 36.1 Å². The third kappa shape index (κ3) is 4.83. The van der Waals surface area contributed by atoms with E-state index >= 15 is 0 Å². The van der Waals surface area contributed by atoms with Crippen molar-refractivity contribution in [2.24, 2.45) is 0 Å². The molecule has 0 aromatic heterocycles. The summed E-state index contributed by atoms with van der Waals surface area (Å²) < 4.78 is 22.4. The summed E-state index contributed by atoms with van der Waals surface area (Å²) in [5, 5.41) is 11.5. The van der Waals surface area contributed by atoms with Gasteiger partial charge in [0.1, 0.15) is 17.6 Å². The molecule has 202 valence electrons. The van der Waals surface area contributed by atoms with E-state index in [9.17, 15) is 14.7 Å². The number of morpholine rings is 1. The Bertz CT molecular complexity index is 1250. The topological polar surface area (TPSA) is 97.8 Å². The number of ether oxygens (including phenoxy) is 4. The highest BCUT2D eigenvalue weighted by molar-refractivity contribution is 6.46. The maximum absolute atomic E-state index is 13.5. The Labute approximate surface area is 222 Å². The number of benzene rings is 2. The molecule has 9 nitrogen and oxygen atoms in total. The lowest BCUT2D eigenvalue weighted by Gasteiger charge is -2.30. The Morgan fingerprint density at radius 3 is 2.61 bits per heavy atom. The number of amides is 1. The lowest BCUT2D eigenvalue weighted by Crippen LogP contribution is -2.39. The molecule has 0 saturated carbocycles. The molecule has 2 aromatic carbocycles. The van der Waals surface area contributed by atoms with Crippen molar-refractivity contribution in [3.63, 3.8) is 0 Å². The first kappa shape index (κ1) is 26.1. The number of carbonyl (C=O) groups excluding carboxylic acids is 2. The Hall–Kier alpha value is -3.56. The van der Waals surface area contributed by atoms with Crippen LogP contribution < -0.4 is 14.2 Å². The summed E-state index contributed by atoms with van der Waals surface area (Å²) in [6, 6.07) is 9.88. The molecule has 3 aliphatic rings. The van der Waals surface area contributed by atoms with Crippen LogP contribution in [0.25, 0.3) is 5.76 Å². The van der Waals surface area contributed by atoms with E-state index in [0.717, 1.165) is 30.9 Å². The summed E-state index contributed by atoms with van der Waals surface area (Å²) in [5.74, 6) is 0.102. The van der Waals surface area contributed by atoms with E-state index in [-0.39, 0.29) is 17.4 Å². The van der Waals surface area contributed by atoms with Crippen molar-refractivity contribution >= 4 is 17.4 Å². The molecule has 5 rings (SSSR count). The minimum atomic E-state index is -0.826. The van der Waals surface area contributed by atoms with E-state index in [2.05, 4.69) is 4.90 Å². The average molecular weight is 523 g/mol. The van der Waals surface area contributed by atoms with Crippen LogP contribution >= 0.6 is 0 Å². The molecule has 0 bridgehead atoms. The number of para-hydroxylation sites is 1. The number of hydrogen-bond acceptors (Lipinski definition) is 8. The molecule has 2 fully saturated rings. The molecule has 1 amide bonds. The second kappa shape index (κ2) is 11.0. The van der Waals surface area contributed by atoms with Crippen LogP contribution in [0, 0.1) is 0 Å². The lowest BCUT2D eigenvalue weighted by atomic mass is 9.93. The van der Waals surface area contributed by atoms with Gasteiger partial charge in [0.05, 0.1) is 39.0 Å². The second-order valence-corrected chi connectivity index (χ2v) is 9.84. The third-order valence-corrected chi connectivity index (χ3v) is 7.41. The van der Waals surface area contributed by atoms with Gasteiger partial charge in [-0.3, -0.25) is 14.5 Å². The summed E-state index contributed by atoms with van der Waals surface area (Å²) >= 11 is 0. The summed E-state index contributed by atoms with van der Waals surface area (Å²) in [6.45, 7) is 6.17. The summed E-state index contributed by atoms with van der Waals surface area (Å²) in [7, 11) is 3.06. The number of fused-ring (bicyclic) bond motifs is 1. The quantitative estimate of drug-likeness (QED) is 0.321. The minimum Gasteiger partial charge on any atom is -0.507 e. The number of nitrogens with zero attached hydrogens (tertiary/aromatic N) is 2. The van der Waals surface area contributed by atoms with E-state index in [1.54, 1.807) is 35.2 Å². The Balaban J connectivity index is 1.55. The van der Waals surface area contributed by atoms with Gasteiger partial charge in [0.2, 0.25) is 0 Å². The minimum absolute atomic E-state index is 0.0415. The van der Waals surface area contributed by atoms with E-state index in [0.29, 0.717) is 55.2 Å². The first-order chi connectivity index (χ1) is 18.4. The summed E-state index contributed by atoms with van der Waals surface area (Å²) in [5.41, 5.74) is 2.05. The van der Waals surface area contributed by atoms with Gasteiger partial charge in [-0.1, -0.05) is 12.1 Å². The van der Waals surface area contributed by atoms with Gasteiger partial charge in [-0.25, -0.2) is 0 Å². The Morgan fingerprint density at radius 1 is 1.08 bits per heavy atom. The van der Waals surface area contributed by atoms with Crippen molar-refractivity contribution in [1.29, 1.82) is 0 Å². The maximum atomic E-state index is 13.5. The van der Waals surface area contributed by atoms with Crippen molar-refractivity contribution in [1.82, 2.24) is 9.80 Å². The monoisotopic (exact) mass is 522 g/mol. The number of likely N-dealkylation sites (tertiary alicyclic amines) is 1. The molecule has 3 heterocycles. The van der Waals surface area contributed by atoms with Gasteiger partial charge in [0.15, 0.2) is 11.5 Å². The molecule has 0 spiro atoms. The normalized spacial score (nSPS) is 22.9. The van der Waals surface area contributed by atoms with E-state index in [4.69, 9.17) is 18.9 Å². The summed E-state index contributed by atoms with van der Waals surface area (Å²) in [6.07, 6.45) is 1.42. The maximum Gasteiger partial charge on any atom is 0.295 e. The standard InChI is InChI=1S/C29H34N2O7/c1-18-16-20-17-19(8-9-22(20)38-18)26(32)24-25(21-6-4-7-23(35-2)28(21)36-3)31(29(34)27(24)33)11-5-10-30-12-14-37-15-13-30/h4,6-9,17-18,25,32H,5,10-16H2,1-3H3/b26-24+. The number of aliphatic hydroxyl groups excluding tert-OH is 1. The van der Waals surface area contributed by atoms with Gasteiger partial charge in [-0.2, -0.15) is 0 Å². The number of carbonyl (C=O) groups is 2. The van der Waals surface area contributed by atoms with Crippen LogP contribution in [-0.2, 0) is 20.7 Å².